The summed E-state index contributed by atoms with van der Waals surface area (Å²) in [6, 6.07) is 15.8. The molecule has 2 aromatic carbocycles. The first kappa shape index (κ1) is 17.6. The second-order valence-electron chi connectivity index (χ2n) is 5.52. The molecule has 3 rings (SSSR count). The lowest BCUT2D eigenvalue weighted by Gasteiger charge is -2.07. The summed E-state index contributed by atoms with van der Waals surface area (Å²) in [5.74, 6) is -0.207. The molecule has 0 aliphatic heterocycles. The number of nitrogens with one attached hydrogen (secondary N) is 2. The van der Waals surface area contributed by atoms with Crippen LogP contribution in [0.15, 0.2) is 59.5 Å². The van der Waals surface area contributed by atoms with E-state index in [4.69, 9.17) is 0 Å². The van der Waals surface area contributed by atoms with Gasteiger partial charge in [0.05, 0.1) is 9.77 Å². The lowest BCUT2D eigenvalue weighted by Crippen LogP contribution is -2.24. The lowest BCUT2D eigenvalue weighted by atomic mass is 10.2. The van der Waals surface area contributed by atoms with Crippen molar-refractivity contribution in [2.45, 2.75) is 18.2 Å². The van der Waals surface area contributed by atoms with Gasteiger partial charge in [-0.25, -0.2) is 13.1 Å². The number of benzene rings is 2. The minimum Gasteiger partial charge on any atom is -0.321 e. The van der Waals surface area contributed by atoms with Crippen molar-refractivity contribution in [3.05, 3.63) is 59.5 Å². The molecule has 0 aliphatic carbocycles. The molecule has 25 heavy (non-hydrogen) atoms. The number of carbonyl (C=O) groups excluding carboxylic acids is 1. The SMILES string of the molecule is CCCNS(=O)(=O)c1ccc(NC(=O)c2cc3ccccc3s2)cc1. The minimum absolute atomic E-state index is 0.181. The third-order valence-electron chi connectivity index (χ3n) is 3.61. The summed E-state index contributed by atoms with van der Waals surface area (Å²) in [6.45, 7) is 2.29. The van der Waals surface area contributed by atoms with Gasteiger partial charge in [0.15, 0.2) is 0 Å². The normalized spacial score (nSPS) is 11.6. The van der Waals surface area contributed by atoms with Gasteiger partial charge < -0.3 is 5.32 Å². The summed E-state index contributed by atoms with van der Waals surface area (Å²) in [4.78, 5) is 13.2. The largest absolute Gasteiger partial charge is 0.321 e. The minimum atomic E-state index is -3.50. The van der Waals surface area contributed by atoms with Gasteiger partial charge >= 0.3 is 0 Å². The van der Waals surface area contributed by atoms with E-state index in [0.29, 0.717) is 17.1 Å². The fourth-order valence-corrected chi connectivity index (χ4v) is 4.42. The van der Waals surface area contributed by atoms with Crippen molar-refractivity contribution in [3.63, 3.8) is 0 Å². The third-order valence-corrected chi connectivity index (χ3v) is 6.21. The number of thiophene rings is 1. The van der Waals surface area contributed by atoms with Crippen LogP contribution in [0, 0.1) is 0 Å². The zero-order valence-electron chi connectivity index (χ0n) is 13.7. The number of fused-ring (bicyclic) bond motifs is 1. The van der Waals surface area contributed by atoms with Crippen molar-refractivity contribution in [1.29, 1.82) is 0 Å². The Bertz CT molecular complexity index is 960. The number of amides is 1. The van der Waals surface area contributed by atoms with Gasteiger partial charge in [0.1, 0.15) is 0 Å². The number of hydrogen-bond acceptors (Lipinski definition) is 4. The van der Waals surface area contributed by atoms with Crippen LogP contribution in [-0.2, 0) is 10.0 Å². The molecule has 0 saturated heterocycles. The average Bonchev–Trinajstić information content (AvgIpc) is 3.05. The van der Waals surface area contributed by atoms with Crippen LogP contribution in [0.4, 0.5) is 5.69 Å². The number of anilines is 1. The van der Waals surface area contributed by atoms with Crippen LogP contribution in [-0.4, -0.2) is 20.9 Å². The first-order valence-electron chi connectivity index (χ1n) is 7.89. The number of carbonyl (C=O) groups is 1. The molecule has 0 aliphatic rings. The highest BCUT2D eigenvalue weighted by Crippen LogP contribution is 2.26. The first-order chi connectivity index (χ1) is 12.0. The molecule has 130 valence electrons. The van der Waals surface area contributed by atoms with Crippen molar-refractivity contribution in [2.24, 2.45) is 0 Å². The van der Waals surface area contributed by atoms with Gasteiger partial charge in [-0.3, -0.25) is 4.79 Å². The molecular formula is C18H18N2O3S2. The van der Waals surface area contributed by atoms with E-state index < -0.39 is 10.0 Å². The fraction of sp³-hybridized carbons (Fsp3) is 0.167. The smallest absolute Gasteiger partial charge is 0.265 e. The number of sulfonamides is 1. The summed E-state index contributed by atoms with van der Waals surface area (Å²) in [7, 11) is -3.50. The molecule has 1 amide bonds. The maximum absolute atomic E-state index is 12.4. The molecule has 0 spiro atoms. The molecular weight excluding hydrogens is 356 g/mol. The van der Waals surface area contributed by atoms with Crippen LogP contribution < -0.4 is 10.0 Å². The molecule has 0 bridgehead atoms. The Morgan fingerprint density at radius 2 is 1.80 bits per heavy atom. The lowest BCUT2D eigenvalue weighted by molar-refractivity contribution is 0.103. The molecule has 0 atom stereocenters. The van der Waals surface area contributed by atoms with Gasteiger partial charge in [-0.1, -0.05) is 25.1 Å². The Morgan fingerprint density at radius 1 is 1.08 bits per heavy atom. The topological polar surface area (TPSA) is 75.3 Å². The van der Waals surface area contributed by atoms with Gasteiger partial charge in [0.2, 0.25) is 10.0 Å². The highest BCUT2D eigenvalue weighted by atomic mass is 32.2. The van der Waals surface area contributed by atoms with Crippen LogP contribution >= 0.6 is 11.3 Å². The van der Waals surface area contributed by atoms with E-state index in [0.717, 1.165) is 16.5 Å². The molecule has 1 heterocycles. The molecule has 3 aromatic rings. The predicted octanol–water partition coefficient (Wildman–Crippen LogP) is 3.84. The van der Waals surface area contributed by atoms with Crippen molar-refractivity contribution >= 4 is 43.0 Å². The summed E-state index contributed by atoms with van der Waals surface area (Å²) in [5, 5.41) is 3.83. The quantitative estimate of drug-likeness (QED) is 0.688. The Balaban J connectivity index is 1.73. The maximum Gasteiger partial charge on any atom is 0.265 e. The zero-order valence-corrected chi connectivity index (χ0v) is 15.3. The third kappa shape index (κ3) is 4.07. The second kappa shape index (κ2) is 7.35. The predicted molar refractivity (Wildman–Crippen MR) is 102 cm³/mol. The molecule has 2 N–H and O–H groups in total. The highest BCUT2D eigenvalue weighted by molar-refractivity contribution is 7.89. The molecule has 0 unspecified atom stereocenters. The van der Waals surface area contributed by atoms with E-state index in [1.54, 1.807) is 12.1 Å². The Morgan fingerprint density at radius 3 is 2.48 bits per heavy atom. The molecule has 0 saturated carbocycles. The fourth-order valence-electron chi connectivity index (χ4n) is 2.32. The number of rotatable bonds is 6. The molecule has 0 radical (unpaired) electrons. The van der Waals surface area contributed by atoms with Crippen LogP contribution in [0.3, 0.4) is 0 Å². The number of hydrogen-bond donors (Lipinski definition) is 2. The molecule has 7 heteroatoms. The van der Waals surface area contributed by atoms with Crippen LogP contribution in [0.25, 0.3) is 10.1 Å². The van der Waals surface area contributed by atoms with Gasteiger partial charge in [-0.2, -0.15) is 0 Å². The van der Waals surface area contributed by atoms with E-state index in [9.17, 15) is 13.2 Å². The van der Waals surface area contributed by atoms with Crippen LogP contribution in [0.5, 0.6) is 0 Å². The van der Waals surface area contributed by atoms with Crippen LogP contribution in [0.1, 0.15) is 23.0 Å². The first-order valence-corrected chi connectivity index (χ1v) is 10.2. The van der Waals surface area contributed by atoms with Gasteiger partial charge in [0.25, 0.3) is 5.91 Å². The summed E-state index contributed by atoms with van der Waals surface area (Å²) in [5.41, 5.74) is 0.553. The molecule has 5 nitrogen and oxygen atoms in total. The van der Waals surface area contributed by atoms with Gasteiger partial charge in [0, 0.05) is 16.9 Å². The van der Waals surface area contributed by atoms with E-state index in [-0.39, 0.29) is 10.8 Å². The van der Waals surface area contributed by atoms with Crippen molar-refractivity contribution in [1.82, 2.24) is 4.72 Å². The maximum atomic E-state index is 12.4. The summed E-state index contributed by atoms with van der Waals surface area (Å²) >= 11 is 1.42. The van der Waals surface area contributed by atoms with Gasteiger partial charge in [-0.15, -0.1) is 11.3 Å². The van der Waals surface area contributed by atoms with Crippen LogP contribution in [0.2, 0.25) is 0 Å². The monoisotopic (exact) mass is 374 g/mol. The van der Waals surface area contributed by atoms with Gasteiger partial charge in [-0.05, 0) is 48.2 Å². The second-order valence-corrected chi connectivity index (χ2v) is 8.38. The van der Waals surface area contributed by atoms with E-state index in [2.05, 4.69) is 10.0 Å². The Hall–Kier alpha value is -2.22. The zero-order chi connectivity index (χ0) is 17.9. The standard InChI is InChI=1S/C18H18N2O3S2/c1-2-11-19-25(22,23)15-9-7-14(8-10-15)20-18(21)17-12-13-5-3-4-6-16(13)24-17/h3-10,12,19H,2,11H2,1H3,(H,20,21). The average molecular weight is 374 g/mol. The summed E-state index contributed by atoms with van der Waals surface area (Å²) in [6.07, 6.45) is 0.725. The van der Waals surface area contributed by atoms with E-state index in [1.165, 1.54) is 23.5 Å². The van der Waals surface area contributed by atoms with Crippen molar-refractivity contribution < 1.29 is 13.2 Å². The van der Waals surface area contributed by atoms with Crippen molar-refractivity contribution in [3.8, 4) is 0 Å². The molecule has 0 fully saturated rings. The highest BCUT2D eigenvalue weighted by Gasteiger charge is 2.14. The Kier molecular flexibility index (Phi) is 5.17. The van der Waals surface area contributed by atoms with E-state index >= 15 is 0 Å². The van der Waals surface area contributed by atoms with Crippen molar-refractivity contribution in [2.75, 3.05) is 11.9 Å². The van der Waals surface area contributed by atoms with E-state index in [1.807, 2.05) is 37.3 Å². The molecule has 1 aromatic heterocycles. The Labute approximate surface area is 150 Å². The summed E-state index contributed by atoms with van der Waals surface area (Å²) < 4.78 is 27.7.